The Labute approximate surface area is 118 Å². The molecule has 0 radical (unpaired) electrons. The van der Waals surface area contributed by atoms with Gasteiger partial charge in [-0.25, -0.2) is 0 Å². The average Bonchev–Trinajstić information content (AvgIpc) is 2.48. The van der Waals surface area contributed by atoms with Crippen molar-refractivity contribution in [3.8, 4) is 0 Å². The molecule has 0 spiro atoms. The van der Waals surface area contributed by atoms with Crippen LogP contribution >= 0.6 is 0 Å². The third-order valence-electron chi connectivity index (χ3n) is 3.79. The number of carbonyl (C=O) groups excluding carboxylic acids is 1. The van der Waals surface area contributed by atoms with Gasteiger partial charge in [-0.3, -0.25) is 4.79 Å². The van der Waals surface area contributed by atoms with Crippen molar-refractivity contribution in [3.63, 3.8) is 0 Å². The fourth-order valence-electron chi connectivity index (χ4n) is 2.53. The Kier molecular flexibility index (Phi) is 4.32. The summed E-state index contributed by atoms with van der Waals surface area (Å²) in [6.07, 6.45) is 1.48. The standard InChI is InChI=1S/C14H20N4O2/c1-4-11-8-18(6-5-13(11)17-20)14(19)12-7-9(2)15-16-10(12)3/h7,11,20H,4-6,8H2,1-3H3/b17-13+. The van der Waals surface area contributed by atoms with E-state index in [2.05, 4.69) is 15.4 Å². The number of nitrogens with zero attached hydrogens (tertiary/aromatic N) is 4. The van der Waals surface area contributed by atoms with Crippen LogP contribution in [0.15, 0.2) is 11.2 Å². The molecule has 0 bridgehead atoms. The number of aryl methyl sites for hydroxylation is 2. The molecule has 1 saturated heterocycles. The summed E-state index contributed by atoms with van der Waals surface area (Å²) in [5, 5.41) is 20.3. The van der Waals surface area contributed by atoms with Gasteiger partial charge in [0.2, 0.25) is 0 Å². The molecule has 1 fully saturated rings. The van der Waals surface area contributed by atoms with Crippen LogP contribution in [0.2, 0.25) is 0 Å². The highest BCUT2D eigenvalue weighted by Gasteiger charge is 2.29. The smallest absolute Gasteiger partial charge is 0.255 e. The minimum atomic E-state index is -0.0176. The van der Waals surface area contributed by atoms with Crippen molar-refractivity contribution in [2.24, 2.45) is 11.1 Å². The van der Waals surface area contributed by atoms with Crippen LogP contribution in [-0.4, -0.2) is 45.0 Å². The second kappa shape index (κ2) is 5.98. The molecule has 1 aromatic heterocycles. The van der Waals surface area contributed by atoms with Crippen LogP contribution in [0.3, 0.4) is 0 Å². The number of oxime groups is 1. The van der Waals surface area contributed by atoms with Crippen LogP contribution in [0.1, 0.15) is 41.5 Å². The minimum Gasteiger partial charge on any atom is -0.411 e. The monoisotopic (exact) mass is 276 g/mol. The van der Waals surface area contributed by atoms with Gasteiger partial charge in [-0.1, -0.05) is 12.1 Å². The number of amides is 1. The zero-order valence-corrected chi connectivity index (χ0v) is 12.1. The quantitative estimate of drug-likeness (QED) is 0.660. The summed E-state index contributed by atoms with van der Waals surface area (Å²) in [7, 11) is 0. The number of rotatable bonds is 2. The molecular formula is C14H20N4O2. The highest BCUT2D eigenvalue weighted by atomic mass is 16.4. The molecule has 1 atom stereocenters. The number of aromatic nitrogens is 2. The summed E-state index contributed by atoms with van der Waals surface area (Å²) in [4.78, 5) is 14.4. The highest BCUT2D eigenvalue weighted by Crippen LogP contribution is 2.20. The van der Waals surface area contributed by atoms with Crippen LogP contribution in [0.5, 0.6) is 0 Å². The average molecular weight is 276 g/mol. The Hall–Kier alpha value is -1.98. The van der Waals surface area contributed by atoms with Crippen LogP contribution in [0.4, 0.5) is 0 Å². The van der Waals surface area contributed by atoms with Gasteiger partial charge < -0.3 is 10.1 Å². The van der Waals surface area contributed by atoms with Crippen molar-refractivity contribution >= 4 is 11.6 Å². The summed E-state index contributed by atoms with van der Waals surface area (Å²) in [5.41, 5.74) is 2.78. The van der Waals surface area contributed by atoms with Crippen molar-refractivity contribution < 1.29 is 10.0 Å². The molecule has 2 heterocycles. The topological polar surface area (TPSA) is 78.7 Å². The van der Waals surface area contributed by atoms with E-state index in [9.17, 15) is 4.79 Å². The summed E-state index contributed by atoms with van der Waals surface area (Å²) in [6.45, 7) is 6.82. The van der Waals surface area contributed by atoms with Gasteiger partial charge in [-0.05, 0) is 26.3 Å². The van der Waals surface area contributed by atoms with Gasteiger partial charge in [-0.2, -0.15) is 10.2 Å². The molecule has 1 unspecified atom stereocenters. The summed E-state index contributed by atoms with van der Waals surface area (Å²) in [5.74, 6) is 0.116. The lowest BCUT2D eigenvalue weighted by atomic mass is 9.93. The van der Waals surface area contributed by atoms with Crippen molar-refractivity contribution in [3.05, 3.63) is 23.0 Å². The highest BCUT2D eigenvalue weighted by molar-refractivity contribution is 5.97. The number of piperidine rings is 1. The Bertz CT molecular complexity index is 542. The lowest BCUT2D eigenvalue weighted by Gasteiger charge is -2.33. The van der Waals surface area contributed by atoms with E-state index in [1.54, 1.807) is 13.0 Å². The summed E-state index contributed by atoms with van der Waals surface area (Å²) in [6, 6.07) is 1.78. The van der Waals surface area contributed by atoms with Crippen LogP contribution in [0.25, 0.3) is 0 Å². The van der Waals surface area contributed by atoms with Gasteiger partial charge in [0.25, 0.3) is 5.91 Å². The Morgan fingerprint density at radius 1 is 1.50 bits per heavy atom. The molecule has 2 rings (SSSR count). The number of likely N-dealkylation sites (tertiary alicyclic amines) is 1. The van der Waals surface area contributed by atoms with Crippen LogP contribution in [0, 0.1) is 19.8 Å². The van der Waals surface area contributed by atoms with E-state index in [1.165, 1.54) is 0 Å². The zero-order valence-electron chi connectivity index (χ0n) is 12.1. The molecule has 6 nitrogen and oxygen atoms in total. The molecule has 20 heavy (non-hydrogen) atoms. The van der Waals surface area contributed by atoms with Crippen molar-refractivity contribution in [1.82, 2.24) is 15.1 Å². The third kappa shape index (κ3) is 2.79. The Morgan fingerprint density at radius 2 is 2.25 bits per heavy atom. The van der Waals surface area contributed by atoms with Gasteiger partial charge in [-0.15, -0.1) is 0 Å². The van der Waals surface area contributed by atoms with E-state index in [0.717, 1.165) is 17.8 Å². The Balaban J connectivity index is 2.20. The van der Waals surface area contributed by atoms with Crippen LogP contribution < -0.4 is 0 Å². The van der Waals surface area contributed by atoms with E-state index in [-0.39, 0.29) is 11.8 Å². The first kappa shape index (κ1) is 14.4. The fourth-order valence-corrected chi connectivity index (χ4v) is 2.53. The molecule has 1 N–H and O–H groups in total. The van der Waals surface area contributed by atoms with Gasteiger partial charge in [0.05, 0.1) is 22.7 Å². The van der Waals surface area contributed by atoms with Gasteiger partial charge in [0, 0.05) is 25.4 Å². The Morgan fingerprint density at radius 3 is 2.90 bits per heavy atom. The fraction of sp³-hybridized carbons (Fsp3) is 0.571. The predicted molar refractivity (Wildman–Crippen MR) is 75.0 cm³/mol. The van der Waals surface area contributed by atoms with Crippen molar-refractivity contribution in [2.45, 2.75) is 33.6 Å². The summed E-state index contributed by atoms with van der Waals surface area (Å²) >= 11 is 0. The van der Waals surface area contributed by atoms with E-state index in [0.29, 0.717) is 30.8 Å². The van der Waals surface area contributed by atoms with Crippen molar-refractivity contribution in [1.29, 1.82) is 0 Å². The maximum atomic E-state index is 12.6. The first-order chi connectivity index (χ1) is 9.56. The molecule has 1 aliphatic heterocycles. The predicted octanol–water partition coefficient (Wildman–Crippen LogP) is 1.80. The molecular weight excluding hydrogens is 256 g/mol. The molecule has 1 amide bonds. The lowest BCUT2D eigenvalue weighted by Crippen LogP contribution is -2.44. The van der Waals surface area contributed by atoms with E-state index in [4.69, 9.17) is 5.21 Å². The third-order valence-corrected chi connectivity index (χ3v) is 3.79. The molecule has 1 aliphatic rings. The van der Waals surface area contributed by atoms with Crippen LogP contribution in [-0.2, 0) is 0 Å². The second-order valence-electron chi connectivity index (χ2n) is 5.18. The van der Waals surface area contributed by atoms with Crippen molar-refractivity contribution in [2.75, 3.05) is 13.1 Å². The largest absolute Gasteiger partial charge is 0.411 e. The SMILES string of the molecule is CCC1CN(C(=O)c2cc(C)nnc2C)CC/C1=N\O. The van der Waals surface area contributed by atoms with Gasteiger partial charge in [0.15, 0.2) is 0 Å². The second-order valence-corrected chi connectivity index (χ2v) is 5.18. The molecule has 6 heteroatoms. The molecule has 0 saturated carbocycles. The first-order valence-corrected chi connectivity index (χ1v) is 6.87. The lowest BCUT2D eigenvalue weighted by molar-refractivity contribution is 0.0727. The molecule has 0 aromatic carbocycles. The maximum absolute atomic E-state index is 12.6. The number of hydrogen-bond acceptors (Lipinski definition) is 5. The van der Waals surface area contributed by atoms with E-state index < -0.39 is 0 Å². The maximum Gasteiger partial charge on any atom is 0.255 e. The molecule has 0 aliphatic carbocycles. The molecule has 108 valence electrons. The molecule has 1 aromatic rings. The van der Waals surface area contributed by atoms with Gasteiger partial charge in [0.1, 0.15) is 0 Å². The number of hydrogen-bond donors (Lipinski definition) is 1. The first-order valence-electron chi connectivity index (χ1n) is 6.87. The normalized spacial score (nSPS) is 21.2. The van der Waals surface area contributed by atoms with E-state index >= 15 is 0 Å². The minimum absolute atomic E-state index is 0.0176. The summed E-state index contributed by atoms with van der Waals surface area (Å²) < 4.78 is 0. The van der Waals surface area contributed by atoms with Gasteiger partial charge >= 0.3 is 0 Å². The van der Waals surface area contributed by atoms with E-state index in [1.807, 2.05) is 18.7 Å². The number of carbonyl (C=O) groups is 1. The zero-order chi connectivity index (χ0) is 14.7.